The Morgan fingerprint density at radius 1 is 0.509 bits per heavy atom. The molecule has 0 bridgehead atoms. The molecule has 1 aliphatic carbocycles. The Kier molecular flexibility index (Phi) is 7.77. The molecule has 2 unspecified atom stereocenters. The predicted molar refractivity (Wildman–Crippen MR) is 224 cm³/mol. The van der Waals surface area contributed by atoms with Gasteiger partial charge in [-0.25, -0.2) is 4.90 Å². The van der Waals surface area contributed by atoms with Crippen LogP contribution in [0.4, 0.5) is 5.69 Å². The molecule has 55 heavy (non-hydrogen) atoms. The number of nitrogens with zero attached hydrogens (tertiary/aromatic N) is 2. The predicted octanol–water partition coefficient (Wildman–Crippen LogP) is 12.2. The highest BCUT2D eigenvalue weighted by molar-refractivity contribution is 6.37. The van der Waals surface area contributed by atoms with Crippen molar-refractivity contribution in [2.24, 2.45) is 5.92 Å². The van der Waals surface area contributed by atoms with Crippen molar-refractivity contribution >= 4 is 34.5 Å². The van der Waals surface area contributed by atoms with Crippen molar-refractivity contribution in [1.29, 1.82) is 0 Å². The van der Waals surface area contributed by atoms with E-state index >= 15 is 9.59 Å². The van der Waals surface area contributed by atoms with Gasteiger partial charge in [0.15, 0.2) is 0 Å². The summed E-state index contributed by atoms with van der Waals surface area (Å²) < 4.78 is 2.25. The summed E-state index contributed by atoms with van der Waals surface area (Å²) >= 11 is 0. The van der Waals surface area contributed by atoms with E-state index in [1.807, 2.05) is 103 Å². The van der Waals surface area contributed by atoms with Gasteiger partial charge in [0, 0.05) is 33.7 Å². The highest BCUT2D eigenvalue weighted by Crippen LogP contribution is 2.49. The van der Waals surface area contributed by atoms with Crippen LogP contribution in [-0.2, 0) is 0 Å². The Balaban J connectivity index is 1.23. The first-order valence-corrected chi connectivity index (χ1v) is 18.8. The second-order valence-electron chi connectivity index (χ2n) is 14.4. The van der Waals surface area contributed by atoms with E-state index in [-0.39, 0.29) is 23.7 Å². The maximum absolute atomic E-state index is 15.4. The van der Waals surface area contributed by atoms with Gasteiger partial charge in [0.1, 0.15) is 0 Å². The number of hydrogen-bond acceptors (Lipinski definition) is 2. The van der Waals surface area contributed by atoms with E-state index in [0.717, 1.165) is 55.5 Å². The van der Waals surface area contributed by atoms with E-state index in [0.29, 0.717) is 22.5 Å². The number of fused-ring (bicyclic) bond motifs is 4. The van der Waals surface area contributed by atoms with Crippen molar-refractivity contribution in [2.45, 2.75) is 12.8 Å². The van der Waals surface area contributed by atoms with Crippen LogP contribution in [0.2, 0.25) is 0 Å². The van der Waals surface area contributed by atoms with Gasteiger partial charge in [-0.05, 0) is 64.1 Å². The first-order valence-electron chi connectivity index (χ1n) is 18.8. The topological polar surface area (TPSA) is 42.3 Å². The Morgan fingerprint density at radius 3 is 1.71 bits per heavy atom. The molecule has 10 rings (SSSR count). The van der Waals surface area contributed by atoms with Crippen LogP contribution in [0.5, 0.6) is 0 Å². The number of amides is 2. The lowest BCUT2D eigenvalue weighted by molar-refractivity contribution is 0.0926. The molecule has 2 atom stereocenters. The maximum Gasteiger partial charge on any atom is 0.268 e. The van der Waals surface area contributed by atoms with Crippen molar-refractivity contribution in [2.75, 3.05) is 4.90 Å². The number of hydrogen-bond donors (Lipinski definition) is 0. The third-order valence-electron chi connectivity index (χ3n) is 11.2. The molecule has 262 valence electrons. The van der Waals surface area contributed by atoms with Crippen LogP contribution in [0.1, 0.15) is 50.4 Å². The van der Waals surface area contributed by atoms with Gasteiger partial charge in [0.2, 0.25) is 0 Å². The molecular formula is C51H36N2O2. The van der Waals surface area contributed by atoms with E-state index < -0.39 is 0 Å². The Bertz CT molecular complexity index is 2740. The molecule has 2 heterocycles. The van der Waals surface area contributed by atoms with Crippen molar-refractivity contribution in [1.82, 2.24) is 4.57 Å². The lowest BCUT2D eigenvalue weighted by Gasteiger charge is -2.29. The minimum Gasteiger partial charge on any atom is -0.311 e. The van der Waals surface area contributed by atoms with Crippen molar-refractivity contribution in [3.63, 3.8) is 0 Å². The van der Waals surface area contributed by atoms with Gasteiger partial charge < -0.3 is 4.57 Å². The van der Waals surface area contributed by atoms with Crippen LogP contribution >= 0.6 is 0 Å². The maximum atomic E-state index is 15.4. The molecule has 4 nitrogen and oxygen atoms in total. The van der Waals surface area contributed by atoms with Gasteiger partial charge in [0.05, 0.1) is 28.0 Å². The number of benzene rings is 7. The summed E-state index contributed by atoms with van der Waals surface area (Å²) in [6.07, 6.45) is 4.52. The third kappa shape index (κ3) is 5.21. The summed E-state index contributed by atoms with van der Waals surface area (Å²) in [5.74, 6) is -0.428. The molecule has 8 aromatic rings. The summed E-state index contributed by atoms with van der Waals surface area (Å²) in [6.45, 7) is 2.25. The molecule has 4 heteroatoms. The van der Waals surface area contributed by atoms with Crippen molar-refractivity contribution in [3.8, 4) is 39.1 Å². The fourth-order valence-corrected chi connectivity index (χ4v) is 8.76. The molecule has 0 N–H and O–H groups in total. The molecule has 2 aliphatic rings. The van der Waals surface area contributed by atoms with E-state index in [1.54, 1.807) is 6.07 Å². The normalized spacial score (nSPS) is 16.1. The van der Waals surface area contributed by atoms with Gasteiger partial charge in [-0.15, -0.1) is 0 Å². The summed E-state index contributed by atoms with van der Waals surface area (Å²) in [7, 11) is 0. The molecule has 2 amide bonds. The van der Waals surface area contributed by atoms with Gasteiger partial charge in [-0.1, -0.05) is 165 Å². The lowest BCUT2D eigenvalue weighted by atomic mass is 9.79. The van der Waals surface area contributed by atoms with E-state index in [9.17, 15) is 0 Å². The van der Waals surface area contributed by atoms with Gasteiger partial charge in [0.25, 0.3) is 11.8 Å². The SMILES string of the molecule is CC1C=Cc2c(n(-c3cccc4c3C(=O)N(c3c(-c5ccccc5)cc(-c5ccccc5)cc3-c3ccccc3)C4=O)c3ccccc23)C1c1ccccc1. The standard InChI is InChI=1S/C51H36N2O2/c1-33-29-30-40-39-25-14-15-27-44(39)52(49(40)46(33)37-23-12-5-13-24-37)45-28-16-26-41-47(45)51(55)53(50(41)54)48-42(35-19-8-3-9-20-35)31-38(34-17-6-2-7-18-34)32-43(48)36-21-10-4-11-22-36/h2-33,46H,1H3. The number of anilines is 1. The molecule has 0 radical (unpaired) electrons. The molecule has 1 aromatic heterocycles. The summed E-state index contributed by atoms with van der Waals surface area (Å²) in [4.78, 5) is 31.9. The largest absolute Gasteiger partial charge is 0.311 e. The van der Waals surface area contributed by atoms with Gasteiger partial charge >= 0.3 is 0 Å². The molecule has 1 aliphatic heterocycles. The molecule has 0 fully saturated rings. The number of carbonyl (C=O) groups is 2. The zero-order chi connectivity index (χ0) is 37.0. The van der Waals surface area contributed by atoms with E-state index in [4.69, 9.17) is 0 Å². The van der Waals surface area contributed by atoms with Crippen LogP contribution in [-0.4, -0.2) is 16.4 Å². The van der Waals surface area contributed by atoms with Crippen LogP contribution < -0.4 is 4.90 Å². The number of aromatic nitrogens is 1. The summed E-state index contributed by atoms with van der Waals surface area (Å²) in [5, 5.41) is 1.11. The second-order valence-corrected chi connectivity index (χ2v) is 14.4. The number of carbonyl (C=O) groups excluding carboxylic acids is 2. The lowest BCUT2D eigenvalue weighted by Crippen LogP contribution is -2.31. The van der Waals surface area contributed by atoms with E-state index in [1.165, 1.54) is 10.5 Å². The molecule has 7 aromatic carbocycles. The number of para-hydroxylation sites is 1. The minimum atomic E-state index is -0.334. The second kappa shape index (κ2) is 13.1. The number of rotatable bonds is 6. The van der Waals surface area contributed by atoms with Crippen LogP contribution in [0.25, 0.3) is 56.0 Å². The first-order chi connectivity index (χ1) is 27.1. The van der Waals surface area contributed by atoms with Crippen LogP contribution in [0.15, 0.2) is 182 Å². The van der Waals surface area contributed by atoms with Crippen LogP contribution in [0, 0.1) is 5.92 Å². The molecule has 0 spiro atoms. The number of allylic oxidation sites excluding steroid dienone is 1. The fourth-order valence-electron chi connectivity index (χ4n) is 8.76. The quantitative estimate of drug-likeness (QED) is 0.161. The Hall–Kier alpha value is -7.04. The van der Waals surface area contributed by atoms with Crippen LogP contribution in [0.3, 0.4) is 0 Å². The molecular weight excluding hydrogens is 673 g/mol. The average Bonchev–Trinajstić information content (AvgIpc) is 3.71. The Labute approximate surface area is 320 Å². The zero-order valence-corrected chi connectivity index (χ0v) is 30.3. The summed E-state index contributed by atoms with van der Waals surface area (Å²) in [5.41, 5.74) is 12.1. The first kappa shape index (κ1) is 32.6. The summed E-state index contributed by atoms with van der Waals surface area (Å²) in [6, 6.07) is 59.3. The van der Waals surface area contributed by atoms with Crippen molar-refractivity contribution in [3.05, 3.63) is 210 Å². The molecule has 0 saturated carbocycles. The number of imide groups is 1. The van der Waals surface area contributed by atoms with E-state index in [2.05, 4.69) is 90.4 Å². The van der Waals surface area contributed by atoms with Gasteiger partial charge in [-0.3, -0.25) is 9.59 Å². The highest BCUT2D eigenvalue weighted by Gasteiger charge is 2.42. The average molecular weight is 709 g/mol. The smallest absolute Gasteiger partial charge is 0.268 e. The van der Waals surface area contributed by atoms with Gasteiger partial charge in [-0.2, -0.15) is 0 Å². The molecule has 0 saturated heterocycles. The fraction of sp³-hybridized carbons (Fsp3) is 0.0588. The minimum absolute atomic E-state index is 0.0349. The zero-order valence-electron chi connectivity index (χ0n) is 30.3. The highest BCUT2D eigenvalue weighted by atomic mass is 16.2. The third-order valence-corrected chi connectivity index (χ3v) is 11.2. The van der Waals surface area contributed by atoms with Crippen molar-refractivity contribution < 1.29 is 9.59 Å². The Morgan fingerprint density at radius 2 is 1.07 bits per heavy atom. The monoisotopic (exact) mass is 708 g/mol.